The molecule has 18 heavy (non-hydrogen) atoms. The van der Waals surface area contributed by atoms with E-state index in [9.17, 15) is 0 Å². The van der Waals surface area contributed by atoms with Crippen molar-refractivity contribution in [2.24, 2.45) is 5.84 Å². The molecule has 92 valence electrons. The van der Waals surface area contributed by atoms with Crippen LogP contribution in [0.5, 0.6) is 0 Å². The Morgan fingerprint density at radius 1 is 1.39 bits per heavy atom. The number of anilines is 1. The van der Waals surface area contributed by atoms with Gasteiger partial charge in [-0.1, -0.05) is 23.9 Å². The molecule has 0 radical (unpaired) electrons. The van der Waals surface area contributed by atoms with Crippen molar-refractivity contribution in [3.63, 3.8) is 0 Å². The van der Waals surface area contributed by atoms with Gasteiger partial charge in [0.2, 0.25) is 0 Å². The van der Waals surface area contributed by atoms with Crippen LogP contribution in [0.2, 0.25) is 0 Å². The summed E-state index contributed by atoms with van der Waals surface area (Å²) in [6, 6.07) is 8.01. The molecule has 0 bridgehead atoms. The van der Waals surface area contributed by atoms with Gasteiger partial charge < -0.3 is 4.98 Å². The minimum Gasteiger partial charge on any atom is -0.333 e. The van der Waals surface area contributed by atoms with E-state index in [1.165, 1.54) is 0 Å². The Kier molecular flexibility index (Phi) is 3.18. The number of nitrogen functional groups attached to an aromatic ring is 1. The van der Waals surface area contributed by atoms with E-state index in [-0.39, 0.29) is 0 Å². The van der Waals surface area contributed by atoms with Crippen molar-refractivity contribution in [1.29, 1.82) is 0 Å². The van der Waals surface area contributed by atoms with E-state index in [1.807, 2.05) is 30.5 Å². The van der Waals surface area contributed by atoms with Crippen LogP contribution in [0.25, 0.3) is 11.0 Å². The first-order valence-electron chi connectivity index (χ1n) is 5.34. The van der Waals surface area contributed by atoms with Crippen LogP contribution in [0.15, 0.2) is 35.6 Å². The number of hydrazine groups is 1. The lowest BCUT2D eigenvalue weighted by Crippen LogP contribution is -2.05. The summed E-state index contributed by atoms with van der Waals surface area (Å²) in [6.07, 6.45) is 1.83. The first-order valence-corrected chi connectivity index (χ1v) is 7.14. The molecule has 1 aromatic carbocycles. The lowest BCUT2D eigenvalue weighted by molar-refractivity contribution is 1.08. The molecule has 2 heterocycles. The average molecular weight is 277 g/mol. The third-order valence-electron chi connectivity index (χ3n) is 2.40. The molecule has 0 amide bonds. The summed E-state index contributed by atoms with van der Waals surface area (Å²) in [4.78, 5) is 13.1. The Hall–Kier alpha value is -1.57. The highest BCUT2D eigenvalue weighted by Crippen LogP contribution is 2.26. The Balaban J connectivity index is 1.72. The van der Waals surface area contributed by atoms with Crippen LogP contribution in [0.3, 0.4) is 0 Å². The number of benzene rings is 1. The van der Waals surface area contributed by atoms with Gasteiger partial charge in [-0.25, -0.2) is 15.8 Å². The van der Waals surface area contributed by atoms with Crippen LogP contribution < -0.4 is 11.3 Å². The number of nitrogens with zero attached hydrogens (tertiary/aromatic N) is 2. The molecule has 0 aliphatic carbocycles. The highest BCUT2D eigenvalue weighted by molar-refractivity contribution is 7.98. The van der Waals surface area contributed by atoms with Gasteiger partial charge in [-0.05, 0) is 12.1 Å². The zero-order chi connectivity index (χ0) is 12.4. The maximum atomic E-state index is 5.29. The molecule has 4 N–H and O–H groups in total. The predicted molar refractivity (Wildman–Crippen MR) is 75.6 cm³/mol. The molecular formula is C11H11N5S2. The predicted octanol–water partition coefficient (Wildman–Crippen LogP) is 2.60. The number of thioether (sulfide) groups is 1. The van der Waals surface area contributed by atoms with Gasteiger partial charge in [-0.3, -0.25) is 5.43 Å². The van der Waals surface area contributed by atoms with E-state index in [1.54, 1.807) is 23.1 Å². The molecule has 7 heteroatoms. The monoisotopic (exact) mass is 277 g/mol. The summed E-state index contributed by atoms with van der Waals surface area (Å²) in [7, 11) is 0. The van der Waals surface area contributed by atoms with Crippen LogP contribution >= 0.6 is 23.1 Å². The first kappa shape index (κ1) is 11.5. The number of hydrogen-bond donors (Lipinski definition) is 3. The lowest BCUT2D eigenvalue weighted by atomic mass is 10.3. The van der Waals surface area contributed by atoms with Crippen molar-refractivity contribution in [2.45, 2.75) is 10.9 Å². The lowest BCUT2D eigenvalue weighted by Gasteiger charge is -1.93. The number of thiazole rings is 1. The van der Waals surface area contributed by atoms with Crippen molar-refractivity contribution >= 4 is 39.3 Å². The first-order chi connectivity index (χ1) is 8.85. The highest BCUT2D eigenvalue weighted by atomic mass is 32.2. The summed E-state index contributed by atoms with van der Waals surface area (Å²) < 4.78 is 0. The topological polar surface area (TPSA) is 79.6 Å². The number of nitrogens with one attached hydrogen (secondary N) is 2. The fraction of sp³-hybridized carbons (Fsp3) is 0.0909. The molecule has 2 aromatic heterocycles. The summed E-state index contributed by atoms with van der Waals surface area (Å²) in [5.41, 5.74) is 4.60. The van der Waals surface area contributed by atoms with Crippen LogP contribution in [-0.4, -0.2) is 15.0 Å². The second-order valence-corrected chi connectivity index (χ2v) is 5.70. The van der Waals surface area contributed by atoms with E-state index in [0.717, 1.165) is 32.0 Å². The van der Waals surface area contributed by atoms with Gasteiger partial charge in [0.25, 0.3) is 0 Å². The van der Waals surface area contributed by atoms with Gasteiger partial charge in [-0.2, -0.15) is 0 Å². The summed E-state index contributed by atoms with van der Waals surface area (Å²) in [5, 5.41) is 1.65. The fourth-order valence-electron chi connectivity index (χ4n) is 1.58. The Morgan fingerprint density at radius 2 is 2.28 bits per heavy atom. The van der Waals surface area contributed by atoms with Gasteiger partial charge >= 0.3 is 0 Å². The maximum absolute atomic E-state index is 5.29. The molecule has 0 spiro atoms. The van der Waals surface area contributed by atoms with Crippen molar-refractivity contribution < 1.29 is 0 Å². The van der Waals surface area contributed by atoms with Gasteiger partial charge in [0.05, 0.1) is 11.0 Å². The molecule has 3 rings (SSSR count). The van der Waals surface area contributed by atoms with Gasteiger partial charge in [0, 0.05) is 16.8 Å². The number of aromatic amines is 1. The standard InChI is InChI=1S/C11H11N5S2/c12-16-10-13-5-7(18-10)6-17-11-14-8-3-1-2-4-9(8)15-11/h1-5H,6,12H2,(H,13,16)(H,14,15). The van der Waals surface area contributed by atoms with Crippen LogP contribution in [0, 0.1) is 0 Å². The molecular weight excluding hydrogens is 266 g/mol. The minimum atomic E-state index is 0.732. The number of hydrogen-bond acceptors (Lipinski definition) is 6. The van der Waals surface area contributed by atoms with Crippen LogP contribution in [-0.2, 0) is 5.75 Å². The Bertz CT molecular complexity index is 627. The quantitative estimate of drug-likeness (QED) is 0.388. The highest BCUT2D eigenvalue weighted by Gasteiger charge is 2.05. The average Bonchev–Trinajstić information content (AvgIpc) is 3.02. The number of imidazole rings is 1. The van der Waals surface area contributed by atoms with Crippen LogP contribution in [0.1, 0.15) is 4.88 Å². The maximum Gasteiger partial charge on any atom is 0.197 e. The molecule has 0 fully saturated rings. The molecule has 0 aliphatic rings. The van der Waals surface area contributed by atoms with E-state index in [0.29, 0.717) is 0 Å². The fourth-order valence-corrected chi connectivity index (χ4v) is 3.21. The largest absolute Gasteiger partial charge is 0.333 e. The number of fused-ring (bicyclic) bond motifs is 1. The van der Waals surface area contributed by atoms with E-state index >= 15 is 0 Å². The Labute approximate surface area is 112 Å². The van der Waals surface area contributed by atoms with Gasteiger partial charge in [0.1, 0.15) is 0 Å². The summed E-state index contributed by atoms with van der Waals surface area (Å²) in [6.45, 7) is 0. The zero-order valence-electron chi connectivity index (χ0n) is 9.38. The van der Waals surface area contributed by atoms with E-state index < -0.39 is 0 Å². The van der Waals surface area contributed by atoms with Crippen molar-refractivity contribution in [2.75, 3.05) is 5.43 Å². The minimum absolute atomic E-state index is 0.732. The Morgan fingerprint density at radius 3 is 3.06 bits per heavy atom. The SMILES string of the molecule is NNc1ncc(CSc2nc3ccccc3[nH]2)s1. The number of rotatable bonds is 4. The number of nitrogens with two attached hydrogens (primary N) is 1. The molecule has 0 aliphatic heterocycles. The van der Waals surface area contributed by atoms with Crippen LogP contribution in [0.4, 0.5) is 5.13 Å². The molecule has 0 unspecified atom stereocenters. The smallest absolute Gasteiger partial charge is 0.197 e. The van der Waals surface area contributed by atoms with Crippen molar-refractivity contribution in [3.05, 3.63) is 35.3 Å². The second-order valence-electron chi connectivity index (χ2n) is 3.62. The third kappa shape index (κ3) is 2.33. The normalized spacial score (nSPS) is 10.9. The molecule has 0 saturated heterocycles. The molecule has 0 saturated carbocycles. The number of H-pyrrole nitrogens is 1. The summed E-state index contributed by atoms with van der Waals surface area (Å²) in [5.74, 6) is 6.13. The van der Waals surface area contributed by atoms with E-state index in [2.05, 4.69) is 20.4 Å². The molecule has 0 atom stereocenters. The zero-order valence-corrected chi connectivity index (χ0v) is 11.0. The number of aromatic nitrogens is 3. The van der Waals surface area contributed by atoms with Gasteiger partial charge in [0.15, 0.2) is 10.3 Å². The molecule has 3 aromatic rings. The second kappa shape index (κ2) is 4.97. The molecule has 5 nitrogen and oxygen atoms in total. The number of para-hydroxylation sites is 2. The summed E-state index contributed by atoms with van der Waals surface area (Å²) >= 11 is 3.21. The van der Waals surface area contributed by atoms with Gasteiger partial charge in [-0.15, -0.1) is 11.3 Å². The van der Waals surface area contributed by atoms with Crippen molar-refractivity contribution in [3.8, 4) is 0 Å². The van der Waals surface area contributed by atoms with Crippen molar-refractivity contribution in [1.82, 2.24) is 15.0 Å². The van der Waals surface area contributed by atoms with E-state index in [4.69, 9.17) is 5.84 Å². The third-order valence-corrected chi connectivity index (χ3v) is 4.43.